The summed E-state index contributed by atoms with van der Waals surface area (Å²) in [6, 6.07) is 11.6. The van der Waals surface area contributed by atoms with E-state index in [2.05, 4.69) is 20.3 Å². The minimum Gasteiger partial charge on any atom is -0.379 e. The van der Waals surface area contributed by atoms with Gasteiger partial charge >= 0.3 is 0 Å². The monoisotopic (exact) mass is 377 g/mol. The second kappa shape index (κ2) is 8.35. The van der Waals surface area contributed by atoms with Crippen LogP contribution in [0.2, 0.25) is 0 Å². The van der Waals surface area contributed by atoms with Gasteiger partial charge in [-0.05, 0) is 24.6 Å². The molecule has 1 fully saturated rings. The highest BCUT2D eigenvalue weighted by Crippen LogP contribution is 2.22. The van der Waals surface area contributed by atoms with Crippen molar-refractivity contribution in [3.63, 3.8) is 0 Å². The predicted octanol–water partition coefficient (Wildman–Crippen LogP) is 1.83. The van der Waals surface area contributed by atoms with Gasteiger partial charge in [0.15, 0.2) is 0 Å². The number of sulfonamides is 1. The van der Waals surface area contributed by atoms with Gasteiger partial charge in [-0.3, -0.25) is 4.90 Å². The van der Waals surface area contributed by atoms with Crippen molar-refractivity contribution in [3.8, 4) is 0 Å². The molecular formula is C19H27N3O3S. The van der Waals surface area contributed by atoms with E-state index in [1.54, 1.807) is 0 Å². The fraction of sp³-hybridized carbons (Fsp3) is 0.474. The highest BCUT2D eigenvalue weighted by molar-refractivity contribution is 7.88. The first-order valence-corrected chi connectivity index (χ1v) is 10.6. The summed E-state index contributed by atoms with van der Waals surface area (Å²) < 4.78 is 35.4. The molecule has 142 valence electrons. The van der Waals surface area contributed by atoms with Crippen LogP contribution in [0.1, 0.15) is 22.9 Å². The predicted molar refractivity (Wildman–Crippen MR) is 102 cm³/mol. The minimum atomic E-state index is -3.40. The molecule has 1 aliphatic rings. The lowest BCUT2D eigenvalue weighted by Crippen LogP contribution is -2.44. The van der Waals surface area contributed by atoms with E-state index in [0.717, 1.165) is 29.9 Å². The zero-order chi connectivity index (χ0) is 18.6. The Morgan fingerprint density at radius 2 is 1.85 bits per heavy atom. The Balaban J connectivity index is 1.70. The van der Waals surface area contributed by atoms with Gasteiger partial charge in [-0.25, -0.2) is 13.1 Å². The molecule has 2 aromatic rings. The average molecular weight is 378 g/mol. The molecule has 2 heterocycles. The lowest BCUT2D eigenvalue weighted by atomic mass is 10.1. The molecule has 1 aliphatic heterocycles. The van der Waals surface area contributed by atoms with E-state index in [-0.39, 0.29) is 11.8 Å². The summed E-state index contributed by atoms with van der Waals surface area (Å²) in [5.41, 5.74) is 3.02. The Kier molecular flexibility index (Phi) is 6.13. The summed E-state index contributed by atoms with van der Waals surface area (Å²) in [4.78, 5) is 2.28. The molecule has 1 N–H and O–H groups in total. The number of nitrogens with one attached hydrogen (secondary N) is 1. The Bertz CT molecular complexity index is 809. The number of rotatable bonds is 7. The van der Waals surface area contributed by atoms with Gasteiger partial charge in [0.1, 0.15) is 0 Å². The van der Waals surface area contributed by atoms with Gasteiger partial charge < -0.3 is 9.30 Å². The SMILES string of the molecule is Cc1ccc(CS(=O)(=O)NCC(c2cccn2C)N2CCOCC2)cc1. The molecule has 7 heteroatoms. The van der Waals surface area contributed by atoms with Crippen LogP contribution >= 0.6 is 0 Å². The minimum absolute atomic E-state index is 0.00372. The summed E-state index contributed by atoms with van der Waals surface area (Å²) in [5, 5.41) is 0. The molecule has 0 saturated carbocycles. The first-order chi connectivity index (χ1) is 12.4. The molecule has 1 unspecified atom stereocenters. The average Bonchev–Trinajstić information content (AvgIpc) is 3.04. The smallest absolute Gasteiger partial charge is 0.215 e. The van der Waals surface area contributed by atoms with Gasteiger partial charge in [0.25, 0.3) is 0 Å². The number of nitrogens with zero attached hydrogens (tertiary/aromatic N) is 2. The van der Waals surface area contributed by atoms with Crippen molar-refractivity contribution in [1.29, 1.82) is 0 Å². The number of aromatic nitrogens is 1. The molecule has 1 aromatic carbocycles. The molecule has 26 heavy (non-hydrogen) atoms. The number of hydrogen-bond acceptors (Lipinski definition) is 4. The van der Waals surface area contributed by atoms with Crippen LogP contribution in [0.4, 0.5) is 0 Å². The van der Waals surface area contributed by atoms with Gasteiger partial charge in [0, 0.05) is 38.6 Å². The molecule has 1 saturated heterocycles. The lowest BCUT2D eigenvalue weighted by molar-refractivity contribution is 0.0158. The van der Waals surface area contributed by atoms with Crippen LogP contribution < -0.4 is 4.72 Å². The van der Waals surface area contributed by atoms with E-state index in [9.17, 15) is 8.42 Å². The first-order valence-electron chi connectivity index (χ1n) is 8.90. The third kappa shape index (κ3) is 4.94. The number of aryl methyl sites for hydroxylation is 2. The van der Waals surface area contributed by atoms with Crippen molar-refractivity contribution in [2.75, 3.05) is 32.8 Å². The van der Waals surface area contributed by atoms with Crippen LogP contribution in [0, 0.1) is 6.92 Å². The second-order valence-corrected chi connectivity index (χ2v) is 8.61. The standard InChI is InChI=1S/C19H27N3O3S/c1-16-5-7-17(8-6-16)15-26(23,24)20-14-19(18-4-3-9-21(18)2)22-10-12-25-13-11-22/h3-9,19-20H,10-15H2,1-2H3. The molecule has 1 atom stereocenters. The Morgan fingerprint density at radius 1 is 1.15 bits per heavy atom. The van der Waals surface area contributed by atoms with E-state index < -0.39 is 10.0 Å². The Morgan fingerprint density at radius 3 is 2.46 bits per heavy atom. The maximum atomic E-state index is 12.6. The van der Waals surface area contributed by atoms with Crippen LogP contribution in [-0.2, 0) is 27.6 Å². The maximum Gasteiger partial charge on any atom is 0.215 e. The zero-order valence-corrected chi connectivity index (χ0v) is 16.2. The molecule has 0 bridgehead atoms. The van der Waals surface area contributed by atoms with Crippen LogP contribution in [-0.4, -0.2) is 50.7 Å². The van der Waals surface area contributed by atoms with Crippen molar-refractivity contribution < 1.29 is 13.2 Å². The first kappa shape index (κ1) is 19.1. The van der Waals surface area contributed by atoms with Crippen molar-refractivity contribution >= 4 is 10.0 Å². The zero-order valence-electron chi connectivity index (χ0n) is 15.4. The number of benzene rings is 1. The number of morpholine rings is 1. The summed E-state index contributed by atoms with van der Waals surface area (Å²) in [6.07, 6.45) is 1.99. The fourth-order valence-electron chi connectivity index (χ4n) is 3.29. The maximum absolute atomic E-state index is 12.6. The Hall–Kier alpha value is -1.67. The third-order valence-corrected chi connectivity index (χ3v) is 6.11. The molecule has 6 nitrogen and oxygen atoms in total. The third-order valence-electron chi connectivity index (χ3n) is 4.79. The molecular weight excluding hydrogens is 350 g/mol. The molecule has 1 aromatic heterocycles. The summed E-state index contributed by atoms with van der Waals surface area (Å²) >= 11 is 0. The van der Waals surface area contributed by atoms with Crippen LogP contribution in [0.5, 0.6) is 0 Å². The molecule has 0 amide bonds. The van der Waals surface area contributed by atoms with Crippen LogP contribution in [0.15, 0.2) is 42.6 Å². The summed E-state index contributed by atoms with van der Waals surface area (Å²) in [7, 11) is -1.41. The number of hydrogen-bond donors (Lipinski definition) is 1. The molecule has 3 rings (SSSR count). The fourth-order valence-corrected chi connectivity index (χ4v) is 4.44. The van der Waals surface area contributed by atoms with E-state index in [1.807, 2.05) is 50.5 Å². The quantitative estimate of drug-likeness (QED) is 0.800. The molecule has 0 aliphatic carbocycles. The van der Waals surface area contributed by atoms with Crippen molar-refractivity contribution in [2.24, 2.45) is 7.05 Å². The topological polar surface area (TPSA) is 63.6 Å². The van der Waals surface area contributed by atoms with Crippen LogP contribution in [0.3, 0.4) is 0 Å². The Labute approximate surface area is 155 Å². The van der Waals surface area contributed by atoms with Gasteiger partial charge in [-0.2, -0.15) is 0 Å². The molecule has 0 radical (unpaired) electrons. The normalized spacial score (nSPS) is 17.3. The van der Waals surface area contributed by atoms with Crippen molar-refractivity contribution in [1.82, 2.24) is 14.2 Å². The second-order valence-electron chi connectivity index (χ2n) is 6.80. The van der Waals surface area contributed by atoms with Gasteiger partial charge in [-0.1, -0.05) is 29.8 Å². The van der Waals surface area contributed by atoms with E-state index >= 15 is 0 Å². The largest absolute Gasteiger partial charge is 0.379 e. The van der Waals surface area contributed by atoms with E-state index in [4.69, 9.17) is 4.74 Å². The summed E-state index contributed by atoms with van der Waals surface area (Å²) in [6.45, 7) is 5.30. The number of ether oxygens (including phenoxy) is 1. The van der Waals surface area contributed by atoms with Gasteiger partial charge in [-0.15, -0.1) is 0 Å². The van der Waals surface area contributed by atoms with Crippen molar-refractivity contribution in [3.05, 3.63) is 59.4 Å². The van der Waals surface area contributed by atoms with E-state index in [0.29, 0.717) is 19.8 Å². The van der Waals surface area contributed by atoms with Crippen molar-refractivity contribution in [2.45, 2.75) is 18.7 Å². The van der Waals surface area contributed by atoms with Gasteiger partial charge in [0.05, 0.1) is 25.0 Å². The lowest BCUT2D eigenvalue weighted by Gasteiger charge is -2.34. The van der Waals surface area contributed by atoms with Crippen LogP contribution in [0.25, 0.3) is 0 Å². The summed E-state index contributed by atoms with van der Waals surface area (Å²) in [5.74, 6) is -0.00372. The highest BCUT2D eigenvalue weighted by Gasteiger charge is 2.26. The van der Waals surface area contributed by atoms with E-state index in [1.165, 1.54) is 0 Å². The molecule has 0 spiro atoms. The highest BCUT2D eigenvalue weighted by atomic mass is 32.2. The van der Waals surface area contributed by atoms with Gasteiger partial charge in [0.2, 0.25) is 10.0 Å².